The van der Waals surface area contributed by atoms with Crippen molar-refractivity contribution >= 4 is 27.7 Å². The molecule has 0 radical (unpaired) electrons. The van der Waals surface area contributed by atoms with Crippen LogP contribution in [0.25, 0.3) is 0 Å². The maximum atomic E-state index is 10.4. The molecule has 4 nitrogen and oxygen atoms in total. The third-order valence-corrected chi connectivity index (χ3v) is 1.97. The molecular weight excluding hydrogens is 166 g/mol. The number of carbonyl (C=O) groups excluding carboxylic acids is 1. The highest BCUT2D eigenvalue weighted by Gasteiger charge is 2.13. The number of aldehydes is 1. The fraction of sp³-hybridized carbons (Fsp3) is 0.167. The van der Waals surface area contributed by atoms with E-state index in [1.54, 1.807) is 0 Å². The van der Waals surface area contributed by atoms with E-state index in [-0.39, 0.29) is 4.86 Å². The molecule has 0 fully saturated rings. The number of nitrogens with zero attached hydrogens (tertiary/aromatic N) is 1. The van der Waals surface area contributed by atoms with E-state index < -0.39 is 16.3 Å². The fourth-order valence-corrected chi connectivity index (χ4v) is 1.21. The molecule has 1 aliphatic heterocycles. The molecule has 1 unspecified atom stereocenters. The molecule has 1 rings (SSSR count). The second-order valence-electron chi connectivity index (χ2n) is 1.88. The van der Waals surface area contributed by atoms with Gasteiger partial charge < -0.3 is 4.79 Å². The highest BCUT2D eigenvalue weighted by Crippen LogP contribution is 1.96. The Morgan fingerprint density at radius 2 is 2.27 bits per heavy atom. The number of aliphatic imine (C=N–C) groups is 1. The molecule has 0 amide bonds. The second kappa shape index (κ2) is 3.25. The van der Waals surface area contributed by atoms with Crippen molar-refractivity contribution in [2.45, 2.75) is 6.04 Å². The van der Waals surface area contributed by atoms with Crippen LogP contribution < -0.4 is 0 Å². The van der Waals surface area contributed by atoms with E-state index in [1.807, 2.05) is 0 Å². The van der Waals surface area contributed by atoms with E-state index in [1.165, 1.54) is 18.4 Å². The van der Waals surface area contributed by atoms with Crippen LogP contribution in [0.2, 0.25) is 0 Å². The smallest absolute Gasteiger partial charge is 0.219 e. The van der Waals surface area contributed by atoms with Gasteiger partial charge in [0, 0.05) is 6.21 Å². The van der Waals surface area contributed by atoms with Crippen molar-refractivity contribution < 1.29 is 13.2 Å². The molecule has 0 spiro atoms. The first kappa shape index (κ1) is 7.87. The van der Waals surface area contributed by atoms with E-state index in [4.69, 9.17) is 0 Å². The first-order valence-electron chi connectivity index (χ1n) is 2.87. The Kier molecular flexibility index (Phi) is 2.32. The Balaban J connectivity index is 3.18. The monoisotopic (exact) mass is 171 g/mol. The zero-order valence-electron chi connectivity index (χ0n) is 5.47. The SMILES string of the molecule is O=CC1N=CC=CC1=S(=O)=O. The molecule has 0 aromatic heterocycles. The molecule has 0 aromatic rings. The van der Waals surface area contributed by atoms with Crippen LogP contribution in [0.3, 0.4) is 0 Å². The van der Waals surface area contributed by atoms with E-state index in [2.05, 4.69) is 4.99 Å². The Hall–Kier alpha value is -1.23. The highest BCUT2D eigenvalue weighted by molar-refractivity contribution is 7.73. The number of carbonyl (C=O) groups is 1. The number of rotatable bonds is 1. The molecule has 1 atom stereocenters. The summed E-state index contributed by atoms with van der Waals surface area (Å²) < 4.78 is 20.8. The van der Waals surface area contributed by atoms with E-state index in [9.17, 15) is 13.2 Å². The number of hydrogen-bond acceptors (Lipinski definition) is 4. The molecule has 58 valence electrons. The molecule has 0 aliphatic carbocycles. The summed E-state index contributed by atoms with van der Waals surface area (Å²) in [5, 5.41) is 0. The normalized spacial score (nSPS) is 21.8. The van der Waals surface area contributed by atoms with Gasteiger partial charge in [-0.05, 0) is 12.2 Å². The zero-order chi connectivity index (χ0) is 8.27. The van der Waals surface area contributed by atoms with Crippen LogP contribution >= 0.6 is 0 Å². The van der Waals surface area contributed by atoms with Gasteiger partial charge in [-0.1, -0.05) is 0 Å². The van der Waals surface area contributed by atoms with Crippen LogP contribution in [0.15, 0.2) is 17.1 Å². The molecule has 11 heavy (non-hydrogen) atoms. The third kappa shape index (κ3) is 1.62. The van der Waals surface area contributed by atoms with Crippen molar-refractivity contribution in [3.63, 3.8) is 0 Å². The predicted octanol–water partition coefficient (Wildman–Crippen LogP) is -0.754. The molecule has 0 bridgehead atoms. The van der Waals surface area contributed by atoms with Crippen LogP contribution in [-0.4, -0.2) is 31.8 Å². The van der Waals surface area contributed by atoms with E-state index in [0.29, 0.717) is 6.29 Å². The molecular formula is C6H5NO3S. The van der Waals surface area contributed by atoms with Crippen LogP contribution in [0.5, 0.6) is 0 Å². The first-order chi connectivity index (χ1) is 5.25. The van der Waals surface area contributed by atoms with Gasteiger partial charge in [0.15, 0.2) is 0 Å². The summed E-state index contributed by atoms with van der Waals surface area (Å²) in [5.41, 5.74) is 0. The van der Waals surface area contributed by atoms with Crippen LogP contribution in [0.4, 0.5) is 0 Å². The van der Waals surface area contributed by atoms with Crippen molar-refractivity contribution in [1.29, 1.82) is 0 Å². The lowest BCUT2D eigenvalue weighted by Gasteiger charge is -2.03. The van der Waals surface area contributed by atoms with Crippen LogP contribution in [0, 0.1) is 0 Å². The Bertz CT molecular complexity index is 342. The first-order valence-corrected chi connectivity index (χ1v) is 3.94. The number of allylic oxidation sites excluding steroid dienone is 1. The van der Waals surface area contributed by atoms with Gasteiger partial charge in [-0.15, -0.1) is 0 Å². The van der Waals surface area contributed by atoms with Crippen molar-refractivity contribution in [3.8, 4) is 0 Å². The fourth-order valence-electron chi connectivity index (χ4n) is 0.709. The summed E-state index contributed by atoms with van der Waals surface area (Å²) in [7, 11) is -2.35. The average Bonchev–Trinajstić information content (AvgIpc) is 2.04. The molecule has 0 saturated carbocycles. The lowest BCUT2D eigenvalue weighted by Crippen LogP contribution is -2.21. The summed E-state index contributed by atoms with van der Waals surface area (Å²) in [5.74, 6) is 0. The Morgan fingerprint density at radius 1 is 1.55 bits per heavy atom. The number of hydrogen-bond donors (Lipinski definition) is 0. The molecule has 0 aromatic carbocycles. The Morgan fingerprint density at radius 3 is 2.73 bits per heavy atom. The largest absolute Gasteiger partial charge is 0.301 e. The van der Waals surface area contributed by atoms with Gasteiger partial charge in [0.2, 0.25) is 10.3 Å². The highest BCUT2D eigenvalue weighted by atomic mass is 32.2. The van der Waals surface area contributed by atoms with Gasteiger partial charge in [0.05, 0.1) is 0 Å². The lowest BCUT2D eigenvalue weighted by molar-refractivity contribution is -0.107. The molecule has 0 N–H and O–H groups in total. The molecule has 0 saturated heterocycles. The maximum absolute atomic E-state index is 10.4. The topological polar surface area (TPSA) is 63.6 Å². The van der Waals surface area contributed by atoms with Gasteiger partial charge in [0.1, 0.15) is 17.2 Å². The van der Waals surface area contributed by atoms with Crippen LogP contribution in [0.1, 0.15) is 0 Å². The van der Waals surface area contributed by atoms with Gasteiger partial charge >= 0.3 is 0 Å². The van der Waals surface area contributed by atoms with Gasteiger partial charge in [0.25, 0.3) is 0 Å². The zero-order valence-corrected chi connectivity index (χ0v) is 6.28. The molecule has 1 aliphatic rings. The standard InChI is InChI=1S/C6H5NO3S/c8-4-5-6(11(9)10)2-1-3-7-5/h1-5H. The van der Waals surface area contributed by atoms with Crippen molar-refractivity contribution in [3.05, 3.63) is 12.2 Å². The minimum atomic E-state index is -2.35. The van der Waals surface area contributed by atoms with E-state index >= 15 is 0 Å². The minimum absolute atomic E-state index is 0.0162. The summed E-state index contributed by atoms with van der Waals surface area (Å²) in [6.07, 6.45) is 4.72. The number of dihydropyridines is 1. The summed E-state index contributed by atoms with van der Waals surface area (Å²) >= 11 is 0. The lowest BCUT2D eigenvalue weighted by atomic mass is 10.2. The molecule has 1 heterocycles. The van der Waals surface area contributed by atoms with Gasteiger partial charge in [-0.2, -0.15) is 8.42 Å². The maximum Gasteiger partial charge on any atom is 0.219 e. The molecule has 5 heteroatoms. The minimum Gasteiger partial charge on any atom is -0.301 e. The van der Waals surface area contributed by atoms with Crippen LogP contribution in [-0.2, 0) is 15.1 Å². The quantitative estimate of drug-likeness (QED) is 0.385. The van der Waals surface area contributed by atoms with E-state index in [0.717, 1.165) is 0 Å². The second-order valence-corrected chi connectivity index (χ2v) is 2.82. The van der Waals surface area contributed by atoms with Crippen molar-refractivity contribution in [1.82, 2.24) is 0 Å². The van der Waals surface area contributed by atoms with Crippen molar-refractivity contribution in [2.24, 2.45) is 4.99 Å². The van der Waals surface area contributed by atoms with Crippen molar-refractivity contribution in [2.75, 3.05) is 0 Å². The summed E-state index contributed by atoms with van der Waals surface area (Å²) in [6.45, 7) is 0. The predicted molar refractivity (Wildman–Crippen MR) is 41.4 cm³/mol. The van der Waals surface area contributed by atoms with Gasteiger partial charge in [-0.25, -0.2) is 0 Å². The average molecular weight is 171 g/mol. The Labute approximate surface area is 64.8 Å². The third-order valence-electron chi connectivity index (χ3n) is 1.21. The van der Waals surface area contributed by atoms with Gasteiger partial charge in [-0.3, -0.25) is 4.99 Å². The summed E-state index contributed by atoms with van der Waals surface area (Å²) in [6, 6.07) is -0.849. The summed E-state index contributed by atoms with van der Waals surface area (Å²) in [4.78, 5) is 13.9.